The zero-order chi connectivity index (χ0) is 30.7. The summed E-state index contributed by atoms with van der Waals surface area (Å²) in [5, 5.41) is 0. The Balaban J connectivity index is 1.22. The molecule has 0 heterocycles. The van der Waals surface area contributed by atoms with Crippen LogP contribution in [0.3, 0.4) is 0 Å². The number of benzene rings is 2. The van der Waals surface area contributed by atoms with Gasteiger partial charge in [-0.05, 0) is 156 Å². The van der Waals surface area contributed by atoms with Crippen molar-refractivity contribution in [2.75, 3.05) is 13.2 Å². The van der Waals surface area contributed by atoms with E-state index in [9.17, 15) is 0 Å². The van der Waals surface area contributed by atoms with Crippen LogP contribution in [0.5, 0.6) is 11.5 Å². The molecule has 8 fully saturated rings. The molecule has 0 aliphatic heterocycles. The zero-order valence-electron chi connectivity index (χ0n) is 27.9. The standard InChI is InChI=1S/C42H54O2/c1-7-17-43-33-13-9-31(10-14-33)39-21-35(3)19-36(4,22-39)26-41(25-35,29-39)42-27-37(5)20-38(6,28-42)24-40(23-37,30-42)32-11-15-34(16-12-32)44-18-8-2/h7-16H,1-2,17-30H2,3-6H3. The molecule has 2 aromatic carbocycles. The van der Waals surface area contributed by atoms with Crippen LogP contribution in [0.4, 0.5) is 0 Å². The van der Waals surface area contributed by atoms with Crippen molar-refractivity contribution in [3.05, 3.63) is 85.0 Å². The minimum Gasteiger partial charge on any atom is -0.490 e. The molecule has 8 bridgehead atoms. The first-order valence-electron chi connectivity index (χ1n) is 17.5. The van der Waals surface area contributed by atoms with Crippen LogP contribution in [-0.4, -0.2) is 13.2 Å². The van der Waals surface area contributed by atoms with Gasteiger partial charge in [-0.15, -0.1) is 0 Å². The summed E-state index contributed by atoms with van der Waals surface area (Å²) < 4.78 is 11.8. The fourth-order valence-corrected chi connectivity index (χ4v) is 15.2. The van der Waals surface area contributed by atoms with Crippen LogP contribution in [0.25, 0.3) is 0 Å². The van der Waals surface area contributed by atoms with E-state index < -0.39 is 0 Å². The Morgan fingerprint density at radius 1 is 0.477 bits per heavy atom. The van der Waals surface area contributed by atoms with Gasteiger partial charge in [0.2, 0.25) is 0 Å². The lowest BCUT2D eigenvalue weighted by Gasteiger charge is -2.80. The summed E-state index contributed by atoms with van der Waals surface area (Å²) in [6.45, 7) is 19.6. The predicted octanol–water partition coefficient (Wildman–Crippen LogP) is 10.8. The summed E-state index contributed by atoms with van der Waals surface area (Å²) in [5.74, 6) is 1.94. The van der Waals surface area contributed by atoms with Crippen molar-refractivity contribution < 1.29 is 9.47 Å². The van der Waals surface area contributed by atoms with Gasteiger partial charge in [0, 0.05) is 0 Å². The fourth-order valence-electron chi connectivity index (χ4n) is 15.2. The third-order valence-corrected chi connectivity index (χ3v) is 14.0. The van der Waals surface area contributed by atoms with E-state index in [1.54, 1.807) is 11.1 Å². The van der Waals surface area contributed by atoms with Crippen LogP contribution < -0.4 is 9.47 Å². The monoisotopic (exact) mass is 590 g/mol. The molecular weight excluding hydrogens is 536 g/mol. The van der Waals surface area contributed by atoms with E-state index in [1.807, 2.05) is 12.2 Å². The summed E-state index contributed by atoms with van der Waals surface area (Å²) in [6.07, 6.45) is 20.4. The van der Waals surface area contributed by atoms with E-state index in [2.05, 4.69) is 89.4 Å². The predicted molar refractivity (Wildman–Crippen MR) is 180 cm³/mol. The Labute approximate surface area is 266 Å². The van der Waals surface area contributed by atoms with Gasteiger partial charge < -0.3 is 9.47 Å². The van der Waals surface area contributed by atoms with Gasteiger partial charge in [-0.3, -0.25) is 0 Å². The summed E-state index contributed by atoms with van der Waals surface area (Å²) in [4.78, 5) is 0. The first-order valence-corrected chi connectivity index (χ1v) is 17.5. The number of hydrogen-bond acceptors (Lipinski definition) is 2. The fraction of sp³-hybridized carbons (Fsp3) is 0.619. The second-order valence-corrected chi connectivity index (χ2v) is 18.7. The highest BCUT2D eigenvalue weighted by Gasteiger charge is 2.76. The van der Waals surface area contributed by atoms with Gasteiger partial charge in [-0.1, -0.05) is 77.3 Å². The maximum absolute atomic E-state index is 5.92. The van der Waals surface area contributed by atoms with Crippen LogP contribution in [0, 0.1) is 32.5 Å². The second kappa shape index (κ2) is 9.07. The maximum atomic E-state index is 5.92. The van der Waals surface area contributed by atoms with Crippen molar-refractivity contribution in [1.29, 1.82) is 0 Å². The Morgan fingerprint density at radius 2 is 0.795 bits per heavy atom. The van der Waals surface area contributed by atoms with E-state index in [4.69, 9.17) is 9.47 Å². The SMILES string of the molecule is C=CCOc1ccc(C23CC4(C)CC(C)(C2)CC(C25CC6(C)CC(C)(CC(c7ccc(OCC=C)cc7)(C6)C2)C5)(C4)C3)cc1. The van der Waals surface area contributed by atoms with Crippen LogP contribution in [-0.2, 0) is 10.8 Å². The van der Waals surface area contributed by atoms with Gasteiger partial charge in [0.05, 0.1) is 0 Å². The van der Waals surface area contributed by atoms with Gasteiger partial charge in [0.25, 0.3) is 0 Å². The zero-order valence-corrected chi connectivity index (χ0v) is 27.9. The molecule has 2 heteroatoms. The average molecular weight is 591 g/mol. The third kappa shape index (κ3) is 4.17. The molecule has 8 aliphatic rings. The van der Waals surface area contributed by atoms with Gasteiger partial charge in [-0.2, -0.15) is 0 Å². The summed E-state index contributed by atoms with van der Waals surface area (Å²) >= 11 is 0. The van der Waals surface area contributed by atoms with E-state index in [0.717, 1.165) is 11.5 Å². The maximum Gasteiger partial charge on any atom is 0.119 e. The summed E-state index contributed by atoms with van der Waals surface area (Å²) in [6, 6.07) is 18.7. The normalized spacial score (nSPS) is 46.2. The third-order valence-electron chi connectivity index (χ3n) is 14.0. The first kappa shape index (κ1) is 29.0. The molecule has 0 radical (unpaired) electrons. The van der Waals surface area contributed by atoms with Crippen LogP contribution in [0.2, 0.25) is 0 Å². The molecule has 2 nitrogen and oxygen atoms in total. The molecule has 0 N–H and O–H groups in total. The quantitative estimate of drug-likeness (QED) is 0.271. The Kier molecular flexibility index (Phi) is 5.97. The van der Waals surface area contributed by atoms with Crippen molar-refractivity contribution in [2.24, 2.45) is 32.5 Å². The number of rotatable bonds is 9. The van der Waals surface area contributed by atoms with Gasteiger partial charge in [0.1, 0.15) is 24.7 Å². The largest absolute Gasteiger partial charge is 0.490 e. The molecule has 4 unspecified atom stereocenters. The average Bonchev–Trinajstić information content (AvgIpc) is 2.92. The Bertz CT molecular complexity index is 1330. The molecule has 2 aromatic rings. The van der Waals surface area contributed by atoms with Crippen molar-refractivity contribution >= 4 is 0 Å². The van der Waals surface area contributed by atoms with Gasteiger partial charge in [0.15, 0.2) is 0 Å². The molecular formula is C42H54O2. The highest BCUT2D eigenvalue weighted by molar-refractivity contribution is 5.41. The number of hydrogen-bond donors (Lipinski definition) is 0. The minimum atomic E-state index is 0.275. The smallest absolute Gasteiger partial charge is 0.119 e. The van der Waals surface area contributed by atoms with E-state index in [-0.39, 0.29) is 10.8 Å². The molecule has 0 saturated heterocycles. The highest BCUT2D eigenvalue weighted by atomic mass is 16.5. The van der Waals surface area contributed by atoms with Crippen molar-refractivity contribution in [3.8, 4) is 11.5 Å². The molecule has 0 amide bonds. The molecule has 44 heavy (non-hydrogen) atoms. The molecule has 8 aliphatic carbocycles. The van der Waals surface area contributed by atoms with Crippen LogP contribution in [0.15, 0.2) is 73.8 Å². The van der Waals surface area contributed by atoms with Gasteiger partial charge >= 0.3 is 0 Å². The Hall–Kier alpha value is -2.48. The number of ether oxygens (including phenoxy) is 2. The summed E-state index contributed by atoms with van der Waals surface area (Å²) in [7, 11) is 0. The second-order valence-electron chi connectivity index (χ2n) is 18.7. The lowest BCUT2D eigenvalue weighted by Crippen LogP contribution is -2.71. The first-order chi connectivity index (χ1) is 20.8. The Morgan fingerprint density at radius 3 is 1.09 bits per heavy atom. The lowest BCUT2D eigenvalue weighted by molar-refractivity contribution is -0.275. The molecule has 0 spiro atoms. The van der Waals surface area contributed by atoms with E-state index >= 15 is 0 Å². The van der Waals surface area contributed by atoms with Crippen molar-refractivity contribution in [1.82, 2.24) is 0 Å². The highest BCUT2D eigenvalue weighted by Crippen LogP contribution is 2.85. The van der Waals surface area contributed by atoms with Crippen LogP contribution in [0.1, 0.15) is 116 Å². The summed E-state index contributed by atoms with van der Waals surface area (Å²) in [5.41, 5.74) is 6.21. The van der Waals surface area contributed by atoms with Crippen molar-refractivity contribution in [2.45, 2.75) is 116 Å². The van der Waals surface area contributed by atoms with Crippen molar-refractivity contribution in [3.63, 3.8) is 0 Å². The van der Waals surface area contributed by atoms with Gasteiger partial charge in [-0.25, -0.2) is 0 Å². The van der Waals surface area contributed by atoms with E-state index in [0.29, 0.717) is 45.7 Å². The van der Waals surface area contributed by atoms with Crippen LogP contribution >= 0.6 is 0 Å². The lowest BCUT2D eigenvalue weighted by atomic mass is 9.24. The molecule has 0 aromatic heterocycles. The topological polar surface area (TPSA) is 18.5 Å². The molecule has 4 atom stereocenters. The molecule has 10 rings (SSSR count). The molecule has 234 valence electrons. The van der Waals surface area contributed by atoms with E-state index in [1.165, 1.54) is 77.0 Å². The minimum absolute atomic E-state index is 0.275. The molecule has 8 saturated carbocycles.